The number of benzene rings is 1. The van der Waals surface area contributed by atoms with Gasteiger partial charge in [0.25, 0.3) is 15.7 Å². The Kier molecular flexibility index (Phi) is 5.39. The van der Waals surface area contributed by atoms with Crippen LogP contribution in [-0.2, 0) is 16.0 Å². The molecule has 32 heavy (non-hydrogen) atoms. The molecule has 1 amide bonds. The van der Waals surface area contributed by atoms with Gasteiger partial charge >= 0.3 is 6.18 Å². The number of nitrogens with zero attached hydrogens (tertiary/aromatic N) is 3. The zero-order valence-electron chi connectivity index (χ0n) is 15.5. The van der Waals surface area contributed by atoms with E-state index in [-0.39, 0.29) is 21.3 Å². The fourth-order valence-electron chi connectivity index (χ4n) is 2.97. The molecule has 3 aromatic heterocycles. The number of hydrogen-bond acceptors (Lipinski definition) is 5. The minimum absolute atomic E-state index is 0.0161. The highest BCUT2D eigenvalue weighted by Gasteiger charge is 2.43. The van der Waals surface area contributed by atoms with Gasteiger partial charge in [0.2, 0.25) is 5.16 Å². The first-order valence-electron chi connectivity index (χ1n) is 8.60. The van der Waals surface area contributed by atoms with E-state index in [9.17, 15) is 26.4 Å². The number of alkyl halides is 3. The number of carbonyl (C=O) groups excluding carboxylic acids is 1. The van der Waals surface area contributed by atoms with Gasteiger partial charge in [0.1, 0.15) is 0 Å². The van der Waals surface area contributed by atoms with Gasteiger partial charge in [-0.05, 0) is 24.3 Å². The Morgan fingerprint density at radius 2 is 1.81 bits per heavy atom. The molecule has 0 fully saturated rings. The number of pyridine rings is 1. The minimum Gasteiger partial charge on any atom is -0.335 e. The topological polar surface area (TPSA) is 109 Å². The van der Waals surface area contributed by atoms with Gasteiger partial charge in [-0.1, -0.05) is 29.3 Å². The maximum Gasteiger partial charge on any atom is 0.436 e. The van der Waals surface area contributed by atoms with Crippen LogP contribution < -0.4 is 5.32 Å². The lowest BCUT2D eigenvalue weighted by atomic mass is 10.2. The number of fused-ring (bicyclic) bond motifs is 1. The second kappa shape index (κ2) is 7.80. The molecule has 0 saturated heterocycles. The van der Waals surface area contributed by atoms with E-state index >= 15 is 0 Å². The van der Waals surface area contributed by atoms with Crippen molar-refractivity contribution in [3.05, 3.63) is 70.2 Å². The zero-order valence-corrected chi connectivity index (χ0v) is 17.8. The van der Waals surface area contributed by atoms with Gasteiger partial charge in [0.15, 0.2) is 16.4 Å². The number of carbonyl (C=O) groups is 1. The minimum atomic E-state index is -5.12. The van der Waals surface area contributed by atoms with Crippen LogP contribution in [0.4, 0.5) is 18.9 Å². The van der Waals surface area contributed by atoms with E-state index < -0.39 is 43.4 Å². The molecule has 0 atom stereocenters. The van der Waals surface area contributed by atoms with Crippen LogP contribution in [0.25, 0.3) is 5.65 Å². The molecule has 14 heteroatoms. The molecule has 3 heterocycles. The van der Waals surface area contributed by atoms with E-state index in [0.29, 0.717) is 4.40 Å². The van der Waals surface area contributed by atoms with Gasteiger partial charge in [-0.15, -0.1) is 0 Å². The van der Waals surface area contributed by atoms with Crippen LogP contribution in [0.1, 0.15) is 16.1 Å². The van der Waals surface area contributed by atoms with Gasteiger partial charge in [-0.2, -0.15) is 13.2 Å². The van der Waals surface area contributed by atoms with Crippen molar-refractivity contribution in [1.29, 1.82) is 0 Å². The number of sulfone groups is 1. The van der Waals surface area contributed by atoms with Gasteiger partial charge in [-0.25, -0.2) is 18.4 Å². The summed E-state index contributed by atoms with van der Waals surface area (Å²) in [4.78, 5) is 22.0. The molecule has 0 radical (unpaired) electrons. The SMILES string of the molecule is O=C(Nc1cccn2c(S(=O)(=O)c3ncc[nH]3)c(C(F)(F)F)nc12)c1c(Cl)cccc1Cl. The van der Waals surface area contributed by atoms with Crippen LogP contribution in [0.2, 0.25) is 10.0 Å². The van der Waals surface area contributed by atoms with Crippen LogP contribution in [-0.4, -0.2) is 33.7 Å². The molecule has 4 rings (SSSR count). The van der Waals surface area contributed by atoms with Gasteiger partial charge in [0.05, 0.1) is 21.3 Å². The predicted octanol–water partition coefficient (Wildman–Crippen LogP) is 4.47. The van der Waals surface area contributed by atoms with Crippen LogP contribution >= 0.6 is 23.2 Å². The Morgan fingerprint density at radius 1 is 1.12 bits per heavy atom. The zero-order chi connectivity index (χ0) is 23.3. The Hall–Kier alpha value is -3.09. The molecule has 0 unspecified atom stereocenters. The molecule has 166 valence electrons. The van der Waals surface area contributed by atoms with Crippen molar-refractivity contribution in [2.24, 2.45) is 0 Å². The predicted molar refractivity (Wildman–Crippen MR) is 109 cm³/mol. The number of halogens is 5. The molecule has 0 spiro atoms. The maximum absolute atomic E-state index is 13.7. The molecule has 4 aromatic rings. The van der Waals surface area contributed by atoms with Crippen molar-refractivity contribution in [3.8, 4) is 0 Å². The number of anilines is 1. The summed E-state index contributed by atoms with van der Waals surface area (Å²) < 4.78 is 67.7. The maximum atomic E-state index is 13.7. The Labute approximate surface area is 187 Å². The summed E-state index contributed by atoms with van der Waals surface area (Å²) >= 11 is 12.0. The largest absolute Gasteiger partial charge is 0.436 e. The average molecular weight is 504 g/mol. The normalized spacial score (nSPS) is 12.3. The van der Waals surface area contributed by atoms with E-state index in [1.54, 1.807) is 0 Å². The monoisotopic (exact) mass is 503 g/mol. The summed E-state index contributed by atoms with van der Waals surface area (Å²) in [6, 6.07) is 6.84. The average Bonchev–Trinajstić information content (AvgIpc) is 3.37. The first kappa shape index (κ1) is 22.1. The van der Waals surface area contributed by atoms with E-state index in [1.807, 2.05) is 0 Å². The van der Waals surface area contributed by atoms with Gasteiger partial charge < -0.3 is 10.3 Å². The highest BCUT2D eigenvalue weighted by atomic mass is 35.5. The van der Waals surface area contributed by atoms with Crippen molar-refractivity contribution in [2.75, 3.05) is 5.32 Å². The number of aromatic amines is 1. The lowest BCUT2D eigenvalue weighted by Gasteiger charge is -2.10. The summed E-state index contributed by atoms with van der Waals surface area (Å²) in [6.07, 6.45) is -1.80. The fraction of sp³-hybridized carbons (Fsp3) is 0.0556. The van der Waals surface area contributed by atoms with Crippen molar-refractivity contribution < 1.29 is 26.4 Å². The molecule has 0 aliphatic heterocycles. The third-order valence-electron chi connectivity index (χ3n) is 4.29. The number of imidazole rings is 2. The number of rotatable bonds is 4. The van der Waals surface area contributed by atoms with Crippen molar-refractivity contribution in [1.82, 2.24) is 19.4 Å². The quantitative estimate of drug-likeness (QED) is 0.427. The first-order chi connectivity index (χ1) is 15.0. The summed E-state index contributed by atoms with van der Waals surface area (Å²) in [5.74, 6) is -0.819. The van der Waals surface area contributed by atoms with Crippen LogP contribution in [0.15, 0.2) is 59.1 Å². The highest BCUT2D eigenvalue weighted by molar-refractivity contribution is 7.91. The van der Waals surface area contributed by atoms with Gasteiger partial charge in [-0.3, -0.25) is 9.20 Å². The smallest absolute Gasteiger partial charge is 0.335 e. The Balaban J connectivity index is 1.91. The van der Waals surface area contributed by atoms with Gasteiger partial charge in [0, 0.05) is 18.6 Å². The van der Waals surface area contributed by atoms with Crippen molar-refractivity contribution >= 4 is 50.3 Å². The summed E-state index contributed by atoms with van der Waals surface area (Å²) in [6.45, 7) is 0. The number of aromatic nitrogens is 4. The van der Waals surface area contributed by atoms with Crippen molar-refractivity contribution in [2.45, 2.75) is 16.4 Å². The standard InChI is InChI=1S/C18H10Cl2F3N5O3S/c19-9-3-1-4-10(20)12(9)15(29)26-11-5-2-8-28-14(11)27-13(18(21,22)23)16(28)32(30,31)17-24-6-7-25-17/h1-8H,(H,24,25)(H,26,29). The third-order valence-corrected chi connectivity index (χ3v) is 6.56. The first-order valence-corrected chi connectivity index (χ1v) is 10.8. The highest BCUT2D eigenvalue weighted by Crippen LogP contribution is 2.37. The number of amides is 1. The number of nitrogens with one attached hydrogen (secondary N) is 2. The van der Waals surface area contributed by atoms with Crippen LogP contribution in [0.5, 0.6) is 0 Å². The summed E-state index contributed by atoms with van der Waals surface area (Å²) in [7, 11) is -4.74. The van der Waals surface area contributed by atoms with E-state index in [4.69, 9.17) is 23.2 Å². The molecule has 8 nitrogen and oxygen atoms in total. The second-order valence-corrected chi connectivity index (χ2v) is 8.92. The molecular formula is C18H10Cl2F3N5O3S. The Bertz CT molecular complexity index is 1430. The van der Waals surface area contributed by atoms with Crippen LogP contribution in [0.3, 0.4) is 0 Å². The molecule has 0 saturated carbocycles. The van der Waals surface area contributed by atoms with E-state index in [1.165, 1.54) is 30.3 Å². The molecular weight excluding hydrogens is 494 g/mol. The third kappa shape index (κ3) is 3.70. The van der Waals surface area contributed by atoms with E-state index in [0.717, 1.165) is 18.6 Å². The molecule has 0 aliphatic carbocycles. The van der Waals surface area contributed by atoms with Crippen molar-refractivity contribution in [3.63, 3.8) is 0 Å². The van der Waals surface area contributed by atoms with Crippen LogP contribution in [0, 0.1) is 0 Å². The number of H-pyrrole nitrogens is 1. The summed E-state index contributed by atoms with van der Waals surface area (Å²) in [5.41, 5.74) is -2.42. The van der Waals surface area contributed by atoms with E-state index in [2.05, 4.69) is 20.3 Å². The fourth-order valence-corrected chi connectivity index (χ4v) is 4.97. The molecule has 1 aromatic carbocycles. The molecule has 0 bridgehead atoms. The lowest BCUT2D eigenvalue weighted by molar-refractivity contribution is -0.143. The lowest BCUT2D eigenvalue weighted by Crippen LogP contribution is -2.16. The summed E-state index contributed by atoms with van der Waals surface area (Å²) in [5, 5.41) is 0.573. The molecule has 0 aliphatic rings. The Morgan fingerprint density at radius 3 is 2.41 bits per heavy atom. The molecule has 2 N–H and O–H groups in total. The second-order valence-electron chi connectivity index (χ2n) is 6.33. The number of hydrogen-bond donors (Lipinski definition) is 2.